The summed E-state index contributed by atoms with van der Waals surface area (Å²) in [6, 6.07) is 42.8. The summed E-state index contributed by atoms with van der Waals surface area (Å²) < 4.78 is 70.4. The minimum atomic E-state index is -1.14. The van der Waals surface area contributed by atoms with Gasteiger partial charge in [-0.05, 0) is 125 Å². The van der Waals surface area contributed by atoms with Gasteiger partial charge in [-0.1, -0.05) is 92.8 Å². The van der Waals surface area contributed by atoms with Gasteiger partial charge < -0.3 is 38.5 Å². The Balaban J connectivity index is 0.000000116. The quantitative estimate of drug-likeness (QED) is 0.0791. The Labute approximate surface area is 556 Å². The number of aromatic nitrogens is 8. The molecule has 23 heteroatoms. The maximum atomic E-state index is 13.7. The molecule has 4 aliphatic heterocycles. The number of hydrogen-bond donors (Lipinski definition) is 0. The summed E-state index contributed by atoms with van der Waals surface area (Å²) in [4.78, 5) is 58.3. The molecule has 0 saturated heterocycles. The summed E-state index contributed by atoms with van der Waals surface area (Å²) in [5.41, 5.74) is 3.18. The largest absolute Gasteiger partial charge is 0.487 e. The second-order valence-electron chi connectivity index (χ2n) is 26.6. The SMILES string of the molecule is CC1(F)C[C@@H]1CN1CCn2nc(COc3cccc(F)c3)cc2C1=O.CC1(F)C[C@@H]1CN1CCn2nc(COc3ccccc3)cc2C1=O.O=C1c2cc(COc3ccccc3)nn2CCN1C1CCCC1.O=C1c2cc(COc3ccccc3)nn2CCN1C1CCCCC1. The lowest BCUT2D eigenvalue weighted by atomic mass is 9.93. The van der Waals surface area contributed by atoms with Gasteiger partial charge in [0, 0.05) is 69.3 Å². The molecule has 4 atom stereocenters. The van der Waals surface area contributed by atoms with Gasteiger partial charge >= 0.3 is 0 Å². The Bertz CT molecular complexity index is 3990. The van der Waals surface area contributed by atoms with Crippen LogP contribution < -0.4 is 18.9 Å². The Morgan fingerprint density at radius 1 is 0.396 bits per heavy atom. The Hall–Kier alpha value is -9.41. The van der Waals surface area contributed by atoms with Gasteiger partial charge in [-0.25, -0.2) is 13.2 Å². The van der Waals surface area contributed by atoms with Crippen LogP contribution in [0.1, 0.15) is 149 Å². The first kappa shape index (κ1) is 65.3. The van der Waals surface area contributed by atoms with Crippen molar-refractivity contribution in [3.8, 4) is 23.0 Å². The number of fused-ring (bicyclic) bond motifs is 4. The van der Waals surface area contributed by atoms with Crippen LogP contribution in [0.2, 0.25) is 0 Å². The molecule has 8 aromatic rings. The van der Waals surface area contributed by atoms with Crippen LogP contribution in [0.3, 0.4) is 0 Å². The van der Waals surface area contributed by atoms with Crippen LogP contribution in [0, 0.1) is 17.7 Å². The highest BCUT2D eigenvalue weighted by molar-refractivity contribution is 5.95. The molecule has 8 heterocycles. The topological polar surface area (TPSA) is 189 Å². The van der Waals surface area contributed by atoms with Crippen molar-refractivity contribution in [1.29, 1.82) is 0 Å². The first-order chi connectivity index (χ1) is 46.6. The number of ether oxygens (including phenoxy) is 4. The van der Waals surface area contributed by atoms with E-state index in [0.29, 0.717) is 118 Å². The molecule has 4 aromatic carbocycles. The number of carbonyl (C=O) groups excluding carboxylic acids is 4. The van der Waals surface area contributed by atoms with Gasteiger partial charge in [0.2, 0.25) is 0 Å². The van der Waals surface area contributed by atoms with Crippen LogP contribution in [0.4, 0.5) is 13.2 Å². The average Bonchev–Trinajstić information content (AvgIpc) is 1.64. The molecule has 4 fully saturated rings. The third-order valence-corrected chi connectivity index (χ3v) is 19.5. The summed E-state index contributed by atoms with van der Waals surface area (Å²) in [5, 5.41) is 17.9. The normalized spacial score (nSPS) is 21.9. The molecule has 4 aliphatic carbocycles. The molecule has 96 heavy (non-hydrogen) atoms. The van der Waals surface area contributed by atoms with Crippen molar-refractivity contribution in [1.82, 2.24) is 58.7 Å². The number of benzene rings is 4. The number of halogens is 3. The van der Waals surface area contributed by atoms with Crippen molar-refractivity contribution in [3.63, 3.8) is 0 Å². The van der Waals surface area contributed by atoms with Gasteiger partial charge in [-0.3, -0.25) is 37.9 Å². The Morgan fingerprint density at radius 3 is 1.05 bits per heavy atom. The van der Waals surface area contributed by atoms with Gasteiger partial charge in [0.1, 0.15) is 112 Å². The molecule has 504 valence electrons. The average molecular weight is 1310 g/mol. The van der Waals surface area contributed by atoms with Gasteiger partial charge in [0.15, 0.2) is 0 Å². The standard InChI is InChI=1S/C19H23N3O2.C18H19F2N3O2.C18H20FN3O2.C18H21N3O2/c23-19-18-13-15(14-24-17-9-5-2-6-10-17)20-22(18)12-11-21(19)16-7-3-1-4-8-16;1-18(20)9-12(18)10-22-5-6-23-16(17(22)24)8-14(21-23)11-25-15-4-2-3-13(19)7-15;1-18(19)10-13(18)11-21-7-8-22-16(17(21)23)9-14(20-22)12-24-15-5-3-2-4-6-15;22-18-17-12-14(13-23-16-8-2-1-3-9-16)19-21(17)11-10-20(18)15-6-4-5-7-15/h2,5-6,9-10,13,16H,1,3-4,7-8,11-12,14H2;2-4,7-8,12H,5-6,9-11H2,1H3;2-6,9,13H,7-8,10-12H2,1H3;1-3,8-9,12,15H,4-7,10-11,13H2/t;12-,18?;13-,18?;/m.11./s1. The zero-order chi connectivity index (χ0) is 66.3. The number of carbonyl (C=O) groups is 4. The fourth-order valence-corrected chi connectivity index (χ4v) is 13.7. The molecule has 8 aliphatic rings. The predicted molar refractivity (Wildman–Crippen MR) is 350 cm³/mol. The minimum Gasteiger partial charge on any atom is -0.487 e. The molecular formula is C73H83F3N12O8. The van der Waals surface area contributed by atoms with E-state index >= 15 is 0 Å². The highest BCUT2D eigenvalue weighted by Gasteiger charge is 2.53. The number of hydrogen-bond acceptors (Lipinski definition) is 12. The van der Waals surface area contributed by atoms with Crippen molar-refractivity contribution < 1.29 is 51.3 Å². The van der Waals surface area contributed by atoms with Crippen molar-refractivity contribution in [2.24, 2.45) is 11.8 Å². The van der Waals surface area contributed by atoms with Gasteiger partial charge in [-0.2, -0.15) is 20.4 Å². The van der Waals surface area contributed by atoms with E-state index in [9.17, 15) is 32.3 Å². The molecule has 2 unspecified atom stereocenters. The van der Waals surface area contributed by atoms with E-state index in [0.717, 1.165) is 86.2 Å². The van der Waals surface area contributed by atoms with Crippen molar-refractivity contribution >= 4 is 23.6 Å². The molecule has 0 bridgehead atoms. The molecule has 0 radical (unpaired) electrons. The molecule has 0 spiro atoms. The van der Waals surface area contributed by atoms with Crippen LogP contribution >= 0.6 is 0 Å². The number of alkyl halides is 2. The molecular weight excluding hydrogens is 1230 g/mol. The van der Waals surface area contributed by atoms with Crippen molar-refractivity contribution in [2.45, 2.75) is 161 Å². The van der Waals surface area contributed by atoms with E-state index in [1.807, 2.05) is 117 Å². The summed E-state index contributed by atoms with van der Waals surface area (Å²) in [5.74, 6) is 2.42. The lowest BCUT2D eigenvalue weighted by Crippen LogP contribution is -2.47. The smallest absolute Gasteiger partial charge is 0.272 e. The summed E-state index contributed by atoms with van der Waals surface area (Å²) in [7, 11) is 0. The van der Waals surface area contributed by atoms with Gasteiger partial charge in [0.25, 0.3) is 23.6 Å². The lowest BCUT2D eigenvalue weighted by Gasteiger charge is -2.36. The van der Waals surface area contributed by atoms with Crippen LogP contribution in [-0.2, 0) is 52.6 Å². The van der Waals surface area contributed by atoms with Crippen molar-refractivity contribution in [3.05, 3.63) is 191 Å². The Morgan fingerprint density at radius 2 is 0.708 bits per heavy atom. The van der Waals surface area contributed by atoms with Crippen LogP contribution in [-0.4, -0.2) is 145 Å². The number of amides is 4. The summed E-state index contributed by atoms with van der Waals surface area (Å²) in [6.07, 6.45) is 11.9. The first-order valence-corrected chi connectivity index (χ1v) is 33.8. The predicted octanol–water partition coefficient (Wildman–Crippen LogP) is 11.6. The monoisotopic (exact) mass is 1310 g/mol. The van der Waals surface area contributed by atoms with Gasteiger partial charge in [-0.15, -0.1) is 0 Å². The fourth-order valence-electron chi connectivity index (χ4n) is 13.7. The molecule has 4 aromatic heterocycles. The zero-order valence-corrected chi connectivity index (χ0v) is 54.5. The molecule has 4 amide bonds. The van der Waals surface area contributed by atoms with Crippen LogP contribution in [0.15, 0.2) is 140 Å². The summed E-state index contributed by atoms with van der Waals surface area (Å²) >= 11 is 0. The fraction of sp³-hybridized carbons (Fsp3) is 0.452. The highest BCUT2D eigenvalue weighted by Crippen LogP contribution is 2.48. The van der Waals surface area contributed by atoms with E-state index in [1.165, 1.54) is 44.2 Å². The Kier molecular flexibility index (Phi) is 19.6. The number of rotatable bonds is 18. The van der Waals surface area contributed by atoms with E-state index in [2.05, 4.69) is 25.3 Å². The zero-order valence-electron chi connectivity index (χ0n) is 54.5. The molecule has 0 N–H and O–H groups in total. The van der Waals surface area contributed by atoms with E-state index in [-0.39, 0.29) is 47.9 Å². The van der Waals surface area contributed by atoms with Gasteiger partial charge in [0.05, 0.1) is 26.2 Å². The molecule has 4 saturated carbocycles. The number of para-hydroxylation sites is 3. The van der Waals surface area contributed by atoms with Crippen molar-refractivity contribution in [2.75, 3.05) is 39.3 Å². The molecule has 16 rings (SSSR count). The maximum Gasteiger partial charge on any atom is 0.272 e. The minimum absolute atomic E-state index is 0.0307. The first-order valence-electron chi connectivity index (χ1n) is 33.8. The lowest BCUT2D eigenvalue weighted by molar-refractivity contribution is 0.0561. The van der Waals surface area contributed by atoms with E-state index in [1.54, 1.807) is 57.3 Å². The second-order valence-corrected chi connectivity index (χ2v) is 26.6. The van der Waals surface area contributed by atoms with Crippen LogP contribution in [0.5, 0.6) is 23.0 Å². The second kappa shape index (κ2) is 28.9. The van der Waals surface area contributed by atoms with Crippen LogP contribution in [0.25, 0.3) is 0 Å². The highest BCUT2D eigenvalue weighted by atomic mass is 19.2. The third-order valence-electron chi connectivity index (χ3n) is 19.5. The molecule has 20 nitrogen and oxygen atoms in total. The number of nitrogens with zero attached hydrogens (tertiary/aromatic N) is 12. The third kappa shape index (κ3) is 15.8. The van der Waals surface area contributed by atoms with E-state index in [4.69, 9.17) is 18.9 Å². The summed E-state index contributed by atoms with van der Waals surface area (Å²) in [6.45, 7) is 10.8. The maximum absolute atomic E-state index is 13.7. The van der Waals surface area contributed by atoms with E-state index < -0.39 is 11.3 Å².